The Balaban J connectivity index is 2.16. The molecular formula is C8H10O2. The van der Waals surface area contributed by atoms with Crippen molar-refractivity contribution in [1.29, 1.82) is 0 Å². The number of carboxylic acid groups (broad SMARTS) is 1. The van der Waals surface area contributed by atoms with Gasteiger partial charge in [0.2, 0.25) is 0 Å². The summed E-state index contributed by atoms with van der Waals surface area (Å²) in [5.74, 6) is 0.237. The lowest BCUT2D eigenvalue weighted by atomic mass is 9.94. The molecule has 2 rings (SSSR count). The van der Waals surface area contributed by atoms with Crippen molar-refractivity contribution < 1.29 is 9.90 Å². The van der Waals surface area contributed by atoms with Gasteiger partial charge in [0, 0.05) is 0 Å². The normalized spacial score (nSPS) is 42.6. The lowest BCUT2D eigenvalue weighted by molar-refractivity contribution is -0.142. The molecule has 2 heteroatoms. The van der Waals surface area contributed by atoms with Gasteiger partial charge in [-0.3, -0.25) is 4.79 Å². The van der Waals surface area contributed by atoms with E-state index in [-0.39, 0.29) is 5.92 Å². The standard InChI is InChI=1S/C8H10O2/c9-8(10)7-4-5-1-2-6(7)3-5/h1-2,5-7H,3-4H2,(H,9,10)/t5?,6-,7+/m1/s1. The first-order valence-electron chi connectivity index (χ1n) is 3.68. The van der Waals surface area contributed by atoms with E-state index in [9.17, 15) is 4.79 Å². The Hall–Kier alpha value is -0.790. The predicted octanol–water partition coefficient (Wildman–Crippen LogP) is 1.28. The summed E-state index contributed by atoms with van der Waals surface area (Å²) in [7, 11) is 0. The molecule has 0 heterocycles. The van der Waals surface area contributed by atoms with Gasteiger partial charge in [-0.1, -0.05) is 12.2 Å². The van der Waals surface area contributed by atoms with Gasteiger partial charge in [0.25, 0.3) is 0 Å². The molecule has 3 atom stereocenters. The van der Waals surface area contributed by atoms with Crippen LogP contribution in [-0.4, -0.2) is 11.1 Å². The quantitative estimate of drug-likeness (QED) is 0.554. The zero-order valence-electron chi connectivity index (χ0n) is 5.66. The largest absolute Gasteiger partial charge is 0.481 e. The van der Waals surface area contributed by atoms with Crippen LogP contribution in [-0.2, 0) is 4.79 Å². The average Bonchev–Trinajstić information content (AvgIpc) is 2.44. The summed E-state index contributed by atoms with van der Waals surface area (Å²) < 4.78 is 0. The minimum Gasteiger partial charge on any atom is -0.481 e. The van der Waals surface area contributed by atoms with Crippen LogP contribution in [0.5, 0.6) is 0 Å². The maximum Gasteiger partial charge on any atom is 0.307 e. The molecule has 2 aliphatic carbocycles. The summed E-state index contributed by atoms with van der Waals surface area (Å²) in [5, 5.41) is 8.70. The van der Waals surface area contributed by atoms with E-state index in [4.69, 9.17) is 5.11 Å². The Bertz CT molecular complexity index is 195. The molecule has 10 heavy (non-hydrogen) atoms. The first-order chi connectivity index (χ1) is 4.77. The molecule has 0 aromatic rings. The van der Waals surface area contributed by atoms with Crippen LogP contribution in [0.4, 0.5) is 0 Å². The molecule has 1 saturated carbocycles. The number of hydrogen-bond donors (Lipinski definition) is 1. The summed E-state index contributed by atoms with van der Waals surface area (Å²) in [6, 6.07) is 0. The second-order valence-corrected chi connectivity index (χ2v) is 3.22. The van der Waals surface area contributed by atoms with E-state index >= 15 is 0 Å². The molecule has 54 valence electrons. The maximum absolute atomic E-state index is 10.6. The molecule has 0 aliphatic heterocycles. The van der Waals surface area contributed by atoms with Crippen molar-refractivity contribution in [2.45, 2.75) is 12.8 Å². The second-order valence-electron chi connectivity index (χ2n) is 3.22. The van der Waals surface area contributed by atoms with E-state index in [1.807, 2.05) is 0 Å². The summed E-state index contributed by atoms with van der Waals surface area (Å²) in [4.78, 5) is 10.6. The summed E-state index contributed by atoms with van der Waals surface area (Å²) in [5.41, 5.74) is 0. The fraction of sp³-hybridized carbons (Fsp3) is 0.625. The molecule has 2 nitrogen and oxygen atoms in total. The van der Waals surface area contributed by atoms with Crippen molar-refractivity contribution in [3.05, 3.63) is 12.2 Å². The van der Waals surface area contributed by atoms with Crippen LogP contribution < -0.4 is 0 Å². The van der Waals surface area contributed by atoms with Gasteiger partial charge < -0.3 is 5.11 Å². The predicted molar refractivity (Wildman–Crippen MR) is 36.5 cm³/mol. The Kier molecular flexibility index (Phi) is 1.10. The molecule has 0 saturated heterocycles. The topological polar surface area (TPSA) is 37.3 Å². The van der Waals surface area contributed by atoms with Crippen LogP contribution in [0.25, 0.3) is 0 Å². The summed E-state index contributed by atoms with van der Waals surface area (Å²) >= 11 is 0. The highest BCUT2D eigenvalue weighted by molar-refractivity contribution is 5.71. The van der Waals surface area contributed by atoms with Crippen LogP contribution in [0.1, 0.15) is 12.8 Å². The number of fused-ring (bicyclic) bond motifs is 2. The van der Waals surface area contributed by atoms with Crippen molar-refractivity contribution in [3.63, 3.8) is 0 Å². The molecule has 0 aromatic heterocycles. The fourth-order valence-corrected chi connectivity index (χ4v) is 2.06. The molecule has 2 aliphatic rings. The van der Waals surface area contributed by atoms with Crippen LogP contribution in [0, 0.1) is 17.8 Å². The van der Waals surface area contributed by atoms with Crippen LogP contribution in [0.3, 0.4) is 0 Å². The highest BCUT2D eigenvalue weighted by atomic mass is 16.4. The molecule has 0 amide bonds. The minimum atomic E-state index is -0.614. The van der Waals surface area contributed by atoms with Gasteiger partial charge in [-0.05, 0) is 24.7 Å². The van der Waals surface area contributed by atoms with Crippen LogP contribution in [0.15, 0.2) is 12.2 Å². The lowest BCUT2D eigenvalue weighted by Crippen LogP contribution is -2.17. The first kappa shape index (κ1) is 5.96. The average molecular weight is 138 g/mol. The molecule has 1 N–H and O–H groups in total. The van der Waals surface area contributed by atoms with Crippen molar-refractivity contribution in [3.8, 4) is 0 Å². The van der Waals surface area contributed by atoms with Crippen LogP contribution in [0.2, 0.25) is 0 Å². The highest BCUT2D eigenvalue weighted by Crippen LogP contribution is 2.43. The van der Waals surface area contributed by atoms with Gasteiger partial charge >= 0.3 is 5.97 Å². The Morgan fingerprint density at radius 1 is 1.40 bits per heavy atom. The van der Waals surface area contributed by atoms with E-state index < -0.39 is 5.97 Å². The third kappa shape index (κ3) is 0.681. The first-order valence-corrected chi connectivity index (χ1v) is 3.68. The molecule has 0 aromatic carbocycles. The zero-order chi connectivity index (χ0) is 7.14. The van der Waals surface area contributed by atoms with Gasteiger partial charge in [-0.2, -0.15) is 0 Å². The van der Waals surface area contributed by atoms with Gasteiger partial charge in [0.05, 0.1) is 5.92 Å². The van der Waals surface area contributed by atoms with Gasteiger partial charge in [0.1, 0.15) is 0 Å². The Morgan fingerprint density at radius 2 is 2.20 bits per heavy atom. The van der Waals surface area contributed by atoms with E-state index in [2.05, 4.69) is 12.2 Å². The number of hydrogen-bond acceptors (Lipinski definition) is 1. The van der Waals surface area contributed by atoms with Gasteiger partial charge in [-0.15, -0.1) is 0 Å². The van der Waals surface area contributed by atoms with Crippen LogP contribution >= 0.6 is 0 Å². The number of allylic oxidation sites excluding steroid dienone is 2. The minimum absolute atomic E-state index is 0.0741. The second kappa shape index (κ2) is 1.84. The Labute approximate surface area is 59.5 Å². The van der Waals surface area contributed by atoms with E-state index in [1.165, 1.54) is 0 Å². The maximum atomic E-state index is 10.6. The smallest absolute Gasteiger partial charge is 0.307 e. The SMILES string of the molecule is O=C(O)[C@H]1CC2C=C[C@@H]1C2. The molecule has 0 radical (unpaired) electrons. The molecule has 0 spiro atoms. The molecule has 1 fully saturated rings. The van der Waals surface area contributed by atoms with E-state index in [0.29, 0.717) is 11.8 Å². The third-order valence-corrected chi connectivity index (χ3v) is 2.60. The number of carbonyl (C=O) groups is 1. The summed E-state index contributed by atoms with van der Waals surface area (Å²) in [6.07, 6.45) is 6.17. The van der Waals surface area contributed by atoms with E-state index in [1.54, 1.807) is 0 Å². The highest BCUT2D eigenvalue weighted by Gasteiger charge is 2.39. The van der Waals surface area contributed by atoms with Crippen molar-refractivity contribution in [2.24, 2.45) is 17.8 Å². The van der Waals surface area contributed by atoms with Gasteiger partial charge in [-0.25, -0.2) is 0 Å². The number of aliphatic carboxylic acids is 1. The van der Waals surface area contributed by atoms with Crippen molar-refractivity contribution in [1.82, 2.24) is 0 Å². The monoisotopic (exact) mass is 138 g/mol. The zero-order valence-corrected chi connectivity index (χ0v) is 5.66. The Morgan fingerprint density at radius 3 is 2.50 bits per heavy atom. The number of rotatable bonds is 1. The van der Waals surface area contributed by atoms with Crippen molar-refractivity contribution >= 4 is 5.97 Å². The third-order valence-electron chi connectivity index (χ3n) is 2.60. The van der Waals surface area contributed by atoms with E-state index in [0.717, 1.165) is 12.8 Å². The molecule has 2 bridgehead atoms. The van der Waals surface area contributed by atoms with Crippen molar-refractivity contribution in [2.75, 3.05) is 0 Å². The number of carboxylic acids is 1. The molecular weight excluding hydrogens is 128 g/mol. The van der Waals surface area contributed by atoms with Gasteiger partial charge in [0.15, 0.2) is 0 Å². The summed E-state index contributed by atoms with van der Waals surface area (Å²) in [6.45, 7) is 0. The fourth-order valence-electron chi connectivity index (χ4n) is 2.06. The molecule has 1 unspecified atom stereocenters. The lowest BCUT2D eigenvalue weighted by Gasteiger charge is -2.11.